The lowest BCUT2D eigenvalue weighted by Crippen LogP contribution is -2.14. The van der Waals surface area contributed by atoms with Crippen LogP contribution in [0.2, 0.25) is 0 Å². The van der Waals surface area contributed by atoms with Crippen LogP contribution in [0.3, 0.4) is 0 Å². The van der Waals surface area contributed by atoms with Gasteiger partial charge in [-0.3, -0.25) is 4.79 Å². The molecule has 1 aromatic carbocycles. The van der Waals surface area contributed by atoms with Crippen molar-refractivity contribution in [2.45, 2.75) is 0 Å². The topological polar surface area (TPSA) is 72.2 Å². The minimum Gasteiger partial charge on any atom is -0.304 e. The second kappa shape index (κ2) is 5.82. The third-order valence-electron chi connectivity index (χ3n) is 3.42. The molecule has 4 aromatic rings. The molecule has 1 N–H and O–H groups in total. The van der Waals surface area contributed by atoms with Crippen molar-refractivity contribution in [2.24, 2.45) is 0 Å². The molecule has 0 radical (unpaired) electrons. The van der Waals surface area contributed by atoms with E-state index in [1.54, 1.807) is 41.2 Å². The second-order valence-corrected chi connectivity index (χ2v) is 5.66. The Hall–Kier alpha value is -3.13. The molecule has 0 aliphatic heterocycles. The van der Waals surface area contributed by atoms with Crippen LogP contribution >= 0.6 is 11.3 Å². The summed E-state index contributed by atoms with van der Waals surface area (Å²) in [5.41, 5.74) is 3.27. The zero-order valence-electron chi connectivity index (χ0n) is 12.2. The van der Waals surface area contributed by atoms with Gasteiger partial charge in [0.15, 0.2) is 11.5 Å². The number of nitrogens with one attached hydrogen (secondary N) is 1. The molecule has 0 atom stereocenters. The zero-order chi connectivity index (χ0) is 16.5. The van der Waals surface area contributed by atoms with Crippen LogP contribution in [-0.4, -0.2) is 25.5 Å². The summed E-state index contributed by atoms with van der Waals surface area (Å²) in [5, 5.41) is 8.74. The van der Waals surface area contributed by atoms with Gasteiger partial charge in [-0.25, -0.2) is 14.4 Å². The van der Waals surface area contributed by atoms with E-state index in [1.165, 1.54) is 28.1 Å². The summed E-state index contributed by atoms with van der Waals surface area (Å²) in [6.07, 6.45) is 1.50. The molecule has 0 saturated heterocycles. The van der Waals surface area contributed by atoms with Crippen LogP contribution in [0.25, 0.3) is 16.9 Å². The van der Waals surface area contributed by atoms with E-state index in [0.29, 0.717) is 28.4 Å². The molecule has 0 unspecified atom stereocenters. The number of hydrogen-bond acceptors (Lipinski definition) is 5. The monoisotopic (exact) mass is 339 g/mol. The van der Waals surface area contributed by atoms with Gasteiger partial charge < -0.3 is 5.32 Å². The molecule has 0 aliphatic carbocycles. The number of carbonyl (C=O) groups excluding carboxylic acids is 1. The van der Waals surface area contributed by atoms with E-state index in [1.807, 2.05) is 0 Å². The fourth-order valence-electron chi connectivity index (χ4n) is 2.28. The van der Waals surface area contributed by atoms with E-state index in [2.05, 4.69) is 20.4 Å². The van der Waals surface area contributed by atoms with Crippen LogP contribution in [0.4, 0.5) is 10.2 Å². The Bertz CT molecular complexity index is 1030. The number of carbonyl (C=O) groups is 1. The summed E-state index contributed by atoms with van der Waals surface area (Å²) in [6.45, 7) is 0. The van der Waals surface area contributed by atoms with Crippen LogP contribution in [-0.2, 0) is 0 Å². The van der Waals surface area contributed by atoms with Crippen LogP contribution in [0.5, 0.6) is 0 Å². The molecule has 118 valence electrons. The van der Waals surface area contributed by atoms with E-state index >= 15 is 0 Å². The minimum absolute atomic E-state index is 0.320. The van der Waals surface area contributed by atoms with Gasteiger partial charge in [0.05, 0.1) is 17.4 Å². The number of fused-ring (bicyclic) bond motifs is 1. The SMILES string of the molecule is O=C(Nc1cnc2ccc(-c3ccccc3F)nn12)c1cscn1. The van der Waals surface area contributed by atoms with Gasteiger partial charge in [-0.05, 0) is 24.3 Å². The zero-order valence-corrected chi connectivity index (χ0v) is 13.0. The molecule has 24 heavy (non-hydrogen) atoms. The lowest BCUT2D eigenvalue weighted by molar-refractivity contribution is 0.102. The number of hydrogen-bond donors (Lipinski definition) is 1. The number of nitrogens with zero attached hydrogens (tertiary/aromatic N) is 4. The summed E-state index contributed by atoms with van der Waals surface area (Å²) < 4.78 is 15.4. The van der Waals surface area contributed by atoms with Gasteiger partial charge in [0.2, 0.25) is 0 Å². The first-order valence-corrected chi connectivity index (χ1v) is 7.96. The van der Waals surface area contributed by atoms with Crippen LogP contribution in [0, 0.1) is 5.82 Å². The third kappa shape index (κ3) is 2.52. The number of halogens is 1. The van der Waals surface area contributed by atoms with E-state index in [-0.39, 0.29) is 11.7 Å². The number of amides is 1. The number of thiazole rings is 1. The largest absolute Gasteiger partial charge is 0.304 e. The van der Waals surface area contributed by atoms with Crippen molar-refractivity contribution >= 4 is 28.7 Å². The second-order valence-electron chi connectivity index (χ2n) is 4.94. The van der Waals surface area contributed by atoms with Crippen LogP contribution in [0.1, 0.15) is 10.5 Å². The molecule has 0 bridgehead atoms. The highest BCUT2D eigenvalue weighted by molar-refractivity contribution is 7.07. The first-order chi connectivity index (χ1) is 11.7. The molecule has 6 nitrogen and oxygen atoms in total. The van der Waals surface area contributed by atoms with Crippen molar-refractivity contribution in [3.05, 3.63) is 65.0 Å². The summed E-state index contributed by atoms with van der Waals surface area (Å²) in [7, 11) is 0. The molecule has 0 spiro atoms. The number of anilines is 1. The lowest BCUT2D eigenvalue weighted by atomic mass is 10.1. The van der Waals surface area contributed by atoms with Crippen molar-refractivity contribution in [1.82, 2.24) is 19.6 Å². The highest BCUT2D eigenvalue weighted by Gasteiger charge is 2.13. The number of benzene rings is 1. The molecule has 0 aliphatic rings. The highest BCUT2D eigenvalue weighted by atomic mass is 32.1. The molecule has 0 saturated carbocycles. The number of imidazole rings is 1. The Kier molecular flexibility index (Phi) is 3.51. The average Bonchev–Trinajstić information content (AvgIpc) is 3.25. The molecule has 8 heteroatoms. The summed E-state index contributed by atoms with van der Waals surface area (Å²) >= 11 is 1.33. The van der Waals surface area contributed by atoms with Crippen molar-refractivity contribution in [3.8, 4) is 11.3 Å². The summed E-state index contributed by atoms with van der Waals surface area (Å²) in [6, 6.07) is 9.78. The molecule has 1 amide bonds. The first-order valence-electron chi connectivity index (χ1n) is 7.01. The van der Waals surface area contributed by atoms with E-state index in [9.17, 15) is 9.18 Å². The van der Waals surface area contributed by atoms with Gasteiger partial charge >= 0.3 is 0 Å². The Balaban J connectivity index is 1.74. The Morgan fingerprint density at radius 2 is 2.04 bits per heavy atom. The standard InChI is InChI=1S/C16H10FN5OS/c17-11-4-2-1-3-10(11)12-5-6-14-18-7-15(22(14)21-12)20-16(23)13-8-24-9-19-13/h1-9H,(H,20,23). The highest BCUT2D eigenvalue weighted by Crippen LogP contribution is 2.22. The lowest BCUT2D eigenvalue weighted by Gasteiger charge is -2.05. The molecule has 4 rings (SSSR count). The first kappa shape index (κ1) is 14.5. The fraction of sp³-hybridized carbons (Fsp3) is 0. The predicted octanol–water partition coefficient (Wildman–Crippen LogP) is 3.24. The van der Waals surface area contributed by atoms with Crippen molar-refractivity contribution in [1.29, 1.82) is 0 Å². The smallest absolute Gasteiger partial charge is 0.276 e. The summed E-state index contributed by atoms with van der Waals surface area (Å²) in [5.74, 6) is -0.324. The van der Waals surface area contributed by atoms with Crippen molar-refractivity contribution in [3.63, 3.8) is 0 Å². The van der Waals surface area contributed by atoms with Gasteiger partial charge in [-0.1, -0.05) is 12.1 Å². The molecular weight excluding hydrogens is 329 g/mol. The van der Waals surface area contributed by atoms with E-state index in [0.717, 1.165) is 0 Å². The Morgan fingerprint density at radius 1 is 1.17 bits per heavy atom. The third-order valence-corrected chi connectivity index (χ3v) is 4.01. The van der Waals surface area contributed by atoms with Crippen molar-refractivity contribution < 1.29 is 9.18 Å². The minimum atomic E-state index is -0.363. The molecular formula is C16H10FN5OS. The Morgan fingerprint density at radius 3 is 2.83 bits per heavy atom. The molecule has 3 heterocycles. The maximum atomic E-state index is 14.0. The van der Waals surface area contributed by atoms with Gasteiger partial charge in [0.25, 0.3) is 5.91 Å². The maximum absolute atomic E-state index is 14.0. The predicted molar refractivity (Wildman–Crippen MR) is 88.4 cm³/mol. The van der Waals surface area contributed by atoms with E-state index in [4.69, 9.17) is 0 Å². The van der Waals surface area contributed by atoms with Crippen LogP contribution in [0.15, 0.2) is 53.5 Å². The van der Waals surface area contributed by atoms with Gasteiger partial charge in [0.1, 0.15) is 11.5 Å². The van der Waals surface area contributed by atoms with Gasteiger partial charge in [0, 0.05) is 10.9 Å². The van der Waals surface area contributed by atoms with Crippen LogP contribution < -0.4 is 5.32 Å². The van der Waals surface area contributed by atoms with Gasteiger partial charge in [-0.2, -0.15) is 9.61 Å². The number of aromatic nitrogens is 4. The van der Waals surface area contributed by atoms with E-state index < -0.39 is 0 Å². The fourth-order valence-corrected chi connectivity index (χ4v) is 2.81. The number of rotatable bonds is 3. The van der Waals surface area contributed by atoms with Crippen molar-refractivity contribution in [2.75, 3.05) is 5.32 Å². The molecule has 3 aromatic heterocycles. The Labute approximate surface area is 139 Å². The molecule has 0 fully saturated rings. The maximum Gasteiger partial charge on any atom is 0.276 e. The average molecular weight is 339 g/mol. The quantitative estimate of drug-likeness (QED) is 0.622. The van der Waals surface area contributed by atoms with Gasteiger partial charge in [-0.15, -0.1) is 11.3 Å². The summed E-state index contributed by atoms with van der Waals surface area (Å²) in [4.78, 5) is 20.3. The normalized spacial score (nSPS) is 10.9.